The number of aromatic nitrogens is 2. The summed E-state index contributed by atoms with van der Waals surface area (Å²) in [5.74, 6) is 0.480. The number of alkyl halides is 1. The highest BCUT2D eigenvalue weighted by Crippen LogP contribution is 2.21. The molecule has 4 heteroatoms. The Hall–Kier alpha value is -0.800. The van der Waals surface area contributed by atoms with E-state index in [0.717, 1.165) is 21.4 Å². The monoisotopic (exact) mass is 284 g/mol. The third kappa shape index (κ3) is 2.24. The standard InChI is InChI=1S/C11H10BrClN2/c1-8-4-5-15(14-8)11-3-2-10(12)6-9(11)7-13/h2-6H,7H2,1H3. The van der Waals surface area contributed by atoms with Gasteiger partial charge < -0.3 is 0 Å². The maximum atomic E-state index is 5.90. The van der Waals surface area contributed by atoms with Crippen LogP contribution in [0.5, 0.6) is 0 Å². The molecular weight excluding hydrogens is 275 g/mol. The van der Waals surface area contributed by atoms with Gasteiger partial charge in [-0.25, -0.2) is 4.68 Å². The molecule has 78 valence electrons. The Morgan fingerprint density at radius 1 is 1.40 bits per heavy atom. The lowest BCUT2D eigenvalue weighted by Crippen LogP contribution is -1.99. The number of hydrogen-bond acceptors (Lipinski definition) is 1. The molecular formula is C11H10BrClN2. The van der Waals surface area contributed by atoms with E-state index in [0.29, 0.717) is 5.88 Å². The van der Waals surface area contributed by atoms with Crippen molar-refractivity contribution in [2.45, 2.75) is 12.8 Å². The fourth-order valence-electron chi connectivity index (χ4n) is 1.43. The lowest BCUT2D eigenvalue weighted by Gasteiger charge is -2.07. The van der Waals surface area contributed by atoms with Crippen LogP contribution >= 0.6 is 27.5 Å². The van der Waals surface area contributed by atoms with Crippen molar-refractivity contribution in [1.29, 1.82) is 0 Å². The van der Waals surface area contributed by atoms with Crippen LogP contribution in [0.2, 0.25) is 0 Å². The highest BCUT2D eigenvalue weighted by Gasteiger charge is 2.05. The number of halogens is 2. The smallest absolute Gasteiger partial charge is 0.0690 e. The average molecular weight is 286 g/mol. The van der Waals surface area contributed by atoms with E-state index >= 15 is 0 Å². The van der Waals surface area contributed by atoms with Crippen LogP contribution in [0.25, 0.3) is 5.69 Å². The normalized spacial score (nSPS) is 10.6. The van der Waals surface area contributed by atoms with Crippen molar-refractivity contribution >= 4 is 27.5 Å². The Bertz CT molecular complexity index is 479. The molecule has 0 aliphatic carbocycles. The lowest BCUT2D eigenvalue weighted by atomic mass is 10.2. The van der Waals surface area contributed by atoms with Crippen molar-refractivity contribution in [2.24, 2.45) is 0 Å². The number of rotatable bonds is 2. The van der Waals surface area contributed by atoms with E-state index < -0.39 is 0 Å². The van der Waals surface area contributed by atoms with Gasteiger partial charge in [0, 0.05) is 16.5 Å². The third-order valence-electron chi connectivity index (χ3n) is 2.15. The summed E-state index contributed by atoms with van der Waals surface area (Å²) in [7, 11) is 0. The molecule has 2 aromatic rings. The molecule has 0 saturated carbocycles. The molecule has 0 unspecified atom stereocenters. The van der Waals surface area contributed by atoms with Crippen LogP contribution in [0, 0.1) is 6.92 Å². The highest BCUT2D eigenvalue weighted by molar-refractivity contribution is 9.10. The van der Waals surface area contributed by atoms with Crippen LogP contribution < -0.4 is 0 Å². The molecule has 0 saturated heterocycles. The predicted octanol–water partition coefficient (Wildman–Crippen LogP) is 3.68. The Labute approximate surface area is 102 Å². The first-order chi connectivity index (χ1) is 7.20. The molecule has 0 aliphatic heterocycles. The molecule has 1 heterocycles. The zero-order valence-corrected chi connectivity index (χ0v) is 10.6. The molecule has 1 aromatic heterocycles. The highest BCUT2D eigenvalue weighted by atomic mass is 79.9. The van der Waals surface area contributed by atoms with E-state index in [-0.39, 0.29) is 0 Å². The fraction of sp³-hybridized carbons (Fsp3) is 0.182. The van der Waals surface area contributed by atoms with Gasteiger partial charge in [0.25, 0.3) is 0 Å². The first-order valence-electron chi connectivity index (χ1n) is 4.58. The van der Waals surface area contributed by atoms with Crippen LogP contribution in [0.4, 0.5) is 0 Å². The third-order valence-corrected chi connectivity index (χ3v) is 2.94. The molecule has 15 heavy (non-hydrogen) atoms. The van der Waals surface area contributed by atoms with Crippen molar-refractivity contribution in [1.82, 2.24) is 9.78 Å². The number of aryl methyl sites for hydroxylation is 1. The summed E-state index contributed by atoms with van der Waals surface area (Å²) in [6, 6.07) is 7.98. The van der Waals surface area contributed by atoms with Crippen LogP contribution in [-0.2, 0) is 5.88 Å². The van der Waals surface area contributed by atoms with Crippen LogP contribution in [0.15, 0.2) is 34.9 Å². The van der Waals surface area contributed by atoms with Crippen molar-refractivity contribution in [3.8, 4) is 5.69 Å². The van der Waals surface area contributed by atoms with E-state index in [1.54, 1.807) is 0 Å². The van der Waals surface area contributed by atoms with E-state index in [1.807, 2.05) is 42.1 Å². The van der Waals surface area contributed by atoms with Gasteiger partial charge in [0.15, 0.2) is 0 Å². The van der Waals surface area contributed by atoms with Crippen molar-refractivity contribution in [3.63, 3.8) is 0 Å². The van der Waals surface area contributed by atoms with Gasteiger partial charge in [-0.05, 0) is 36.8 Å². The van der Waals surface area contributed by atoms with Gasteiger partial charge in [0.05, 0.1) is 11.4 Å². The molecule has 2 nitrogen and oxygen atoms in total. The zero-order chi connectivity index (χ0) is 10.8. The largest absolute Gasteiger partial charge is 0.240 e. The maximum absolute atomic E-state index is 5.90. The topological polar surface area (TPSA) is 17.8 Å². The summed E-state index contributed by atoms with van der Waals surface area (Å²) in [5, 5.41) is 4.36. The van der Waals surface area contributed by atoms with E-state index in [9.17, 15) is 0 Å². The van der Waals surface area contributed by atoms with Crippen LogP contribution in [0.1, 0.15) is 11.3 Å². The SMILES string of the molecule is Cc1ccn(-c2ccc(Br)cc2CCl)n1. The molecule has 2 rings (SSSR count). The van der Waals surface area contributed by atoms with Gasteiger partial charge in [0.2, 0.25) is 0 Å². The molecule has 1 aromatic carbocycles. The van der Waals surface area contributed by atoms with Gasteiger partial charge in [-0.1, -0.05) is 15.9 Å². The lowest BCUT2D eigenvalue weighted by molar-refractivity contribution is 0.854. The van der Waals surface area contributed by atoms with Gasteiger partial charge in [-0.15, -0.1) is 11.6 Å². The molecule has 0 bridgehead atoms. The summed E-state index contributed by atoms with van der Waals surface area (Å²) >= 11 is 9.33. The van der Waals surface area contributed by atoms with Crippen LogP contribution in [0.3, 0.4) is 0 Å². The number of hydrogen-bond donors (Lipinski definition) is 0. The maximum Gasteiger partial charge on any atom is 0.0690 e. The Kier molecular flexibility index (Phi) is 3.12. The van der Waals surface area contributed by atoms with Gasteiger partial charge in [-0.2, -0.15) is 5.10 Å². The summed E-state index contributed by atoms with van der Waals surface area (Å²) < 4.78 is 2.88. The van der Waals surface area contributed by atoms with E-state index in [1.165, 1.54) is 0 Å². The Morgan fingerprint density at radius 2 is 2.20 bits per heavy atom. The van der Waals surface area contributed by atoms with Crippen molar-refractivity contribution < 1.29 is 0 Å². The minimum Gasteiger partial charge on any atom is -0.240 e. The Morgan fingerprint density at radius 3 is 2.80 bits per heavy atom. The second-order valence-corrected chi connectivity index (χ2v) is 4.49. The molecule has 0 atom stereocenters. The fourth-order valence-corrected chi connectivity index (χ4v) is 2.06. The second-order valence-electron chi connectivity index (χ2n) is 3.31. The first kappa shape index (κ1) is 10.7. The van der Waals surface area contributed by atoms with E-state index in [4.69, 9.17) is 11.6 Å². The van der Waals surface area contributed by atoms with Gasteiger partial charge in [-0.3, -0.25) is 0 Å². The molecule has 0 aliphatic rings. The minimum atomic E-state index is 0.480. The predicted molar refractivity (Wildman–Crippen MR) is 65.6 cm³/mol. The van der Waals surface area contributed by atoms with Crippen molar-refractivity contribution in [2.75, 3.05) is 0 Å². The minimum absolute atomic E-state index is 0.480. The molecule has 0 N–H and O–H groups in total. The average Bonchev–Trinajstić information content (AvgIpc) is 2.64. The molecule has 0 amide bonds. The van der Waals surface area contributed by atoms with Gasteiger partial charge >= 0.3 is 0 Å². The number of benzene rings is 1. The van der Waals surface area contributed by atoms with Gasteiger partial charge in [0.1, 0.15) is 0 Å². The molecule has 0 radical (unpaired) electrons. The second kappa shape index (κ2) is 4.37. The summed E-state index contributed by atoms with van der Waals surface area (Å²) in [6.07, 6.45) is 1.94. The summed E-state index contributed by atoms with van der Waals surface area (Å²) in [6.45, 7) is 1.97. The molecule has 0 fully saturated rings. The summed E-state index contributed by atoms with van der Waals surface area (Å²) in [4.78, 5) is 0. The summed E-state index contributed by atoms with van der Waals surface area (Å²) in [5.41, 5.74) is 3.09. The first-order valence-corrected chi connectivity index (χ1v) is 5.90. The molecule has 0 spiro atoms. The quantitative estimate of drug-likeness (QED) is 0.770. The van der Waals surface area contributed by atoms with Crippen LogP contribution in [-0.4, -0.2) is 9.78 Å². The number of nitrogens with zero attached hydrogens (tertiary/aromatic N) is 2. The Balaban J connectivity index is 2.52. The zero-order valence-electron chi connectivity index (χ0n) is 8.24. The van der Waals surface area contributed by atoms with Crippen molar-refractivity contribution in [3.05, 3.63) is 46.2 Å². The van der Waals surface area contributed by atoms with E-state index in [2.05, 4.69) is 21.0 Å².